The molecule has 3 aromatic rings. The Hall–Kier alpha value is -3.22. The molecule has 0 aliphatic carbocycles. The van der Waals surface area contributed by atoms with Gasteiger partial charge < -0.3 is 9.80 Å². The molecule has 5 rings (SSSR count). The van der Waals surface area contributed by atoms with E-state index in [1.807, 2.05) is 25.1 Å². The van der Waals surface area contributed by atoms with E-state index in [0.717, 1.165) is 68.3 Å². The maximum absolute atomic E-state index is 13.2. The lowest BCUT2D eigenvalue weighted by Gasteiger charge is -2.34. The summed E-state index contributed by atoms with van der Waals surface area (Å²) >= 11 is 0. The fourth-order valence-electron chi connectivity index (χ4n) is 5.20. The molecule has 0 spiro atoms. The number of anilines is 1. The van der Waals surface area contributed by atoms with Crippen LogP contribution in [0.3, 0.4) is 0 Å². The highest BCUT2D eigenvalue weighted by molar-refractivity contribution is 5.95. The number of carbonyl (C=O) groups excluding carboxylic acids is 1. The van der Waals surface area contributed by atoms with Crippen LogP contribution < -0.4 is 4.90 Å². The van der Waals surface area contributed by atoms with Crippen LogP contribution in [-0.4, -0.2) is 50.2 Å². The van der Waals surface area contributed by atoms with Crippen LogP contribution in [0.25, 0.3) is 0 Å². The summed E-state index contributed by atoms with van der Waals surface area (Å²) in [6.07, 6.45) is 5.94. The average molecular weight is 445 g/mol. The second-order valence-corrected chi connectivity index (χ2v) is 9.37. The number of hydrogen-bond acceptors (Lipinski definition) is 5. The second-order valence-electron chi connectivity index (χ2n) is 9.37. The number of aryl methyl sites for hydroxylation is 3. The largest absolute Gasteiger partial charge is 0.352 e. The third-order valence-electron chi connectivity index (χ3n) is 6.90. The van der Waals surface area contributed by atoms with Crippen molar-refractivity contribution in [2.75, 3.05) is 24.5 Å². The van der Waals surface area contributed by atoms with Crippen molar-refractivity contribution in [3.05, 3.63) is 70.4 Å². The number of nitrogens with zero attached hydrogens (tertiary/aromatic N) is 6. The van der Waals surface area contributed by atoms with Gasteiger partial charge >= 0.3 is 0 Å². The standard InChI is InChI=1S/C26H32N6O/c1-18-22-12-8-13-31(15-20-9-5-4-6-10-20)25(22)28-24(27-18)21-11-7-14-32(16-21)26(33)23-17-30(3)29-19(23)2/h4-6,9-10,17,21H,7-8,11-16H2,1-3H3. The summed E-state index contributed by atoms with van der Waals surface area (Å²) in [7, 11) is 1.85. The van der Waals surface area contributed by atoms with Crippen LogP contribution in [0.5, 0.6) is 0 Å². The maximum Gasteiger partial charge on any atom is 0.257 e. The molecule has 7 heteroatoms. The molecular weight excluding hydrogens is 412 g/mol. The summed E-state index contributed by atoms with van der Waals surface area (Å²) in [6.45, 7) is 7.30. The molecule has 1 aromatic carbocycles. The van der Waals surface area contributed by atoms with Crippen LogP contribution in [0.2, 0.25) is 0 Å². The highest BCUT2D eigenvalue weighted by atomic mass is 16.2. The molecule has 2 aliphatic rings. The summed E-state index contributed by atoms with van der Waals surface area (Å²) in [6, 6.07) is 10.6. The van der Waals surface area contributed by atoms with E-state index >= 15 is 0 Å². The fraction of sp³-hybridized carbons (Fsp3) is 0.462. The highest BCUT2D eigenvalue weighted by Crippen LogP contribution is 2.32. The Labute approximate surface area is 195 Å². The topological polar surface area (TPSA) is 67.2 Å². The normalized spacial score (nSPS) is 18.3. The fourth-order valence-corrected chi connectivity index (χ4v) is 5.20. The highest BCUT2D eigenvalue weighted by Gasteiger charge is 2.30. The van der Waals surface area contributed by atoms with Crippen molar-refractivity contribution in [3.63, 3.8) is 0 Å². The molecule has 7 nitrogen and oxygen atoms in total. The smallest absolute Gasteiger partial charge is 0.257 e. The van der Waals surface area contributed by atoms with Crippen LogP contribution in [0, 0.1) is 13.8 Å². The monoisotopic (exact) mass is 444 g/mol. The Balaban J connectivity index is 1.40. The maximum atomic E-state index is 13.2. The number of rotatable bonds is 4. The van der Waals surface area contributed by atoms with Gasteiger partial charge in [0.2, 0.25) is 0 Å². The minimum absolute atomic E-state index is 0.0608. The molecule has 1 saturated heterocycles. The third-order valence-corrected chi connectivity index (χ3v) is 6.90. The lowest BCUT2D eigenvalue weighted by molar-refractivity contribution is 0.0703. The summed E-state index contributed by atoms with van der Waals surface area (Å²) in [5, 5.41) is 4.35. The lowest BCUT2D eigenvalue weighted by atomic mass is 9.95. The molecule has 4 heterocycles. The van der Waals surface area contributed by atoms with E-state index in [2.05, 4.69) is 47.3 Å². The third kappa shape index (κ3) is 4.36. The van der Waals surface area contributed by atoms with Crippen LogP contribution in [0.1, 0.15) is 63.9 Å². The van der Waals surface area contributed by atoms with Crippen LogP contribution in [-0.2, 0) is 20.0 Å². The van der Waals surface area contributed by atoms with Gasteiger partial charge in [0.1, 0.15) is 11.6 Å². The number of fused-ring (bicyclic) bond motifs is 1. The van der Waals surface area contributed by atoms with Gasteiger partial charge in [-0.1, -0.05) is 30.3 Å². The lowest BCUT2D eigenvalue weighted by Crippen LogP contribution is -2.40. The molecule has 1 amide bonds. The van der Waals surface area contributed by atoms with E-state index in [1.54, 1.807) is 4.68 Å². The molecule has 172 valence electrons. The number of aromatic nitrogens is 4. The van der Waals surface area contributed by atoms with Gasteiger partial charge in [-0.25, -0.2) is 9.97 Å². The molecule has 0 saturated carbocycles. The van der Waals surface area contributed by atoms with E-state index in [0.29, 0.717) is 12.1 Å². The first-order chi connectivity index (χ1) is 16.0. The Bertz CT molecular complexity index is 1160. The van der Waals surface area contributed by atoms with Crippen molar-refractivity contribution in [1.82, 2.24) is 24.6 Å². The van der Waals surface area contributed by atoms with Gasteiger partial charge in [0.25, 0.3) is 5.91 Å². The van der Waals surface area contributed by atoms with Gasteiger partial charge in [-0.2, -0.15) is 5.10 Å². The predicted molar refractivity (Wildman–Crippen MR) is 128 cm³/mol. The Kier molecular flexibility index (Phi) is 5.87. The molecule has 2 aliphatic heterocycles. The Morgan fingerprint density at radius 2 is 1.88 bits per heavy atom. The van der Waals surface area contributed by atoms with E-state index in [1.165, 1.54) is 11.1 Å². The van der Waals surface area contributed by atoms with Gasteiger partial charge in [-0.15, -0.1) is 0 Å². The SMILES string of the molecule is Cc1nn(C)cc1C(=O)N1CCCC(c2nc(C)c3c(n2)N(Cc2ccccc2)CCC3)C1. The first kappa shape index (κ1) is 21.6. The van der Waals surface area contributed by atoms with Crippen LogP contribution >= 0.6 is 0 Å². The number of piperidine rings is 1. The number of hydrogen-bond donors (Lipinski definition) is 0. The van der Waals surface area contributed by atoms with Crippen LogP contribution in [0.4, 0.5) is 5.82 Å². The number of benzene rings is 1. The predicted octanol–water partition coefficient (Wildman–Crippen LogP) is 3.80. The van der Waals surface area contributed by atoms with Crippen molar-refractivity contribution in [3.8, 4) is 0 Å². The first-order valence-corrected chi connectivity index (χ1v) is 12.0. The molecule has 0 bridgehead atoms. The van der Waals surface area contributed by atoms with Gasteiger partial charge in [0.15, 0.2) is 0 Å². The van der Waals surface area contributed by atoms with Crippen molar-refractivity contribution in [1.29, 1.82) is 0 Å². The number of carbonyl (C=O) groups is 1. The van der Waals surface area contributed by atoms with E-state index < -0.39 is 0 Å². The first-order valence-electron chi connectivity index (χ1n) is 12.0. The summed E-state index contributed by atoms with van der Waals surface area (Å²) in [4.78, 5) is 27.6. The van der Waals surface area contributed by atoms with E-state index in [9.17, 15) is 4.79 Å². The summed E-state index contributed by atoms with van der Waals surface area (Å²) in [5.41, 5.74) is 5.12. The molecule has 2 aromatic heterocycles. The van der Waals surface area contributed by atoms with Gasteiger partial charge in [0.05, 0.1) is 11.3 Å². The molecule has 0 N–H and O–H groups in total. The van der Waals surface area contributed by atoms with Gasteiger partial charge in [-0.05, 0) is 45.1 Å². The summed E-state index contributed by atoms with van der Waals surface area (Å²) in [5.74, 6) is 2.18. The van der Waals surface area contributed by atoms with Gasteiger partial charge in [-0.3, -0.25) is 9.48 Å². The summed E-state index contributed by atoms with van der Waals surface area (Å²) < 4.78 is 1.71. The van der Waals surface area contributed by atoms with Gasteiger partial charge in [0, 0.05) is 56.6 Å². The van der Waals surface area contributed by atoms with E-state index in [-0.39, 0.29) is 11.8 Å². The molecule has 1 unspecified atom stereocenters. The molecule has 33 heavy (non-hydrogen) atoms. The number of likely N-dealkylation sites (tertiary alicyclic amines) is 1. The van der Waals surface area contributed by atoms with E-state index in [4.69, 9.17) is 9.97 Å². The zero-order valence-electron chi connectivity index (χ0n) is 19.8. The van der Waals surface area contributed by atoms with Crippen molar-refractivity contribution in [2.45, 2.75) is 52.0 Å². The second kappa shape index (κ2) is 8.96. The van der Waals surface area contributed by atoms with Crippen molar-refractivity contribution in [2.24, 2.45) is 7.05 Å². The quantitative estimate of drug-likeness (QED) is 0.612. The zero-order valence-corrected chi connectivity index (χ0v) is 19.8. The molecular formula is C26H32N6O. The Morgan fingerprint density at radius 3 is 2.64 bits per heavy atom. The number of amides is 1. The Morgan fingerprint density at radius 1 is 1.06 bits per heavy atom. The van der Waals surface area contributed by atoms with Crippen molar-refractivity contribution >= 4 is 11.7 Å². The van der Waals surface area contributed by atoms with Crippen LogP contribution in [0.15, 0.2) is 36.5 Å². The molecule has 0 radical (unpaired) electrons. The van der Waals surface area contributed by atoms with Crippen molar-refractivity contribution < 1.29 is 4.79 Å². The average Bonchev–Trinajstić information content (AvgIpc) is 3.17. The molecule has 1 fully saturated rings. The molecule has 1 atom stereocenters. The zero-order chi connectivity index (χ0) is 22.9. The minimum atomic E-state index is 0.0608. The minimum Gasteiger partial charge on any atom is -0.352 e.